The van der Waals surface area contributed by atoms with Crippen LogP contribution in [0, 0.1) is 0 Å². The van der Waals surface area contributed by atoms with Crippen LogP contribution < -0.4 is 9.67 Å². The number of hydrogen-bond acceptors (Lipinski definition) is 6. The molecule has 1 aliphatic heterocycles. The number of halogens is 2. The molecule has 3 rings (SSSR count). The zero-order valence-corrected chi connectivity index (χ0v) is 17.3. The maximum absolute atomic E-state index is 13.5. The average Bonchev–Trinajstić information content (AvgIpc) is 3.18. The Morgan fingerprint density at radius 2 is 2.07 bits per heavy atom. The van der Waals surface area contributed by atoms with Crippen LogP contribution in [-0.2, 0) is 29.0 Å². The van der Waals surface area contributed by atoms with Crippen LogP contribution in [0.1, 0.15) is 31.1 Å². The SMILES string of the molecule is CC(Cl)CC(F)COC(=O)Cc1ccc(N=c2sc(=O)n3n2CCCC3)s1. The van der Waals surface area contributed by atoms with Gasteiger partial charge in [-0.25, -0.2) is 14.1 Å². The molecule has 6 nitrogen and oxygen atoms in total. The summed E-state index contributed by atoms with van der Waals surface area (Å²) in [6, 6.07) is 3.61. The number of carbonyl (C=O) groups excluding carboxylic acids is 1. The molecule has 0 fully saturated rings. The third kappa shape index (κ3) is 5.52. The number of hydrogen-bond donors (Lipinski definition) is 0. The highest BCUT2D eigenvalue weighted by Crippen LogP contribution is 2.25. The fourth-order valence-electron chi connectivity index (χ4n) is 2.83. The number of esters is 1. The molecule has 0 radical (unpaired) electrons. The Kier molecular flexibility index (Phi) is 6.88. The second kappa shape index (κ2) is 9.16. The van der Waals surface area contributed by atoms with Crippen molar-refractivity contribution in [2.45, 2.75) is 57.2 Å². The summed E-state index contributed by atoms with van der Waals surface area (Å²) in [5.74, 6) is -0.478. The van der Waals surface area contributed by atoms with Gasteiger partial charge in [0.15, 0.2) is 0 Å². The zero-order valence-electron chi connectivity index (χ0n) is 14.9. The Bertz CT molecular complexity index is 915. The van der Waals surface area contributed by atoms with E-state index in [1.165, 1.54) is 11.3 Å². The molecule has 148 valence electrons. The number of carbonyl (C=O) groups is 1. The lowest BCUT2D eigenvalue weighted by molar-refractivity contribution is -0.144. The number of fused-ring (bicyclic) bond motifs is 1. The molecule has 2 atom stereocenters. The molecule has 0 aromatic carbocycles. The predicted molar refractivity (Wildman–Crippen MR) is 105 cm³/mol. The first kappa shape index (κ1) is 20.3. The van der Waals surface area contributed by atoms with Crippen molar-refractivity contribution in [3.05, 3.63) is 31.5 Å². The molecule has 0 aliphatic carbocycles. The molecular formula is C17H21ClFN3O3S2. The molecule has 0 amide bonds. The van der Waals surface area contributed by atoms with Crippen molar-refractivity contribution in [3.8, 4) is 0 Å². The number of ether oxygens (including phenoxy) is 1. The lowest BCUT2D eigenvalue weighted by Gasteiger charge is -2.15. The molecule has 0 bridgehead atoms. The maximum Gasteiger partial charge on any atom is 0.325 e. The van der Waals surface area contributed by atoms with Gasteiger partial charge >= 0.3 is 10.8 Å². The van der Waals surface area contributed by atoms with Crippen molar-refractivity contribution in [1.82, 2.24) is 9.36 Å². The summed E-state index contributed by atoms with van der Waals surface area (Å²) in [5.41, 5.74) is 0. The molecule has 0 spiro atoms. The minimum atomic E-state index is -1.25. The third-order valence-corrected chi connectivity index (χ3v) is 6.10. The average molecular weight is 434 g/mol. The van der Waals surface area contributed by atoms with E-state index < -0.39 is 12.1 Å². The van der Waals surface area contributed by atoms with E-state index in [9.17, 15) is 14.0 Å². The van der Waals surface area contributed by atoms with Crippen molar-refractivity contribution < 1.29 is 13.9 Å². The molecule has 2 aromatic rings. The number of aromatic nitrogens is 2. The van der Waals surface area contributed by atoms with Crippen LogP contribution in [0.15, 0.2) is 21.9 Å². The first-order valence-corrected chi connectivity index (χ1v) is 10.9. The van der Waals surface area contributed by atoms with E-state index in [0.29, 0.717) is 4.80 Å². The van der Waals surface area contributed by atoms with Gasteiger partial charge in [0.05, 0.1) is 6.42 Å². The molecule has 0 saturated carbocycles. The topological polar surface area (TPSA) is 65.6 Å². The summed E-state index contributed by atoms with van der Waals surface area (Å²) in [6.45, 7) is 2.93. The van der Waals surface area contributed by atoms with Crippen molar-refractivity contribution in [1.29, 1.82) is 0 Å². The van der Waals surface area contributed by atoms with Crippen LogP contribution in [0.4, 0.5) is 9.39 Å². The number of nitrogens with zero attached hydrogens (tertiary/aromatic N) is 3. The first-order chi connectivity index (χ1) is 12.9. The van der Waals surface area contributed by atoms with Crippen LogP contribution in [0.2, 0.25) is 0 Å². The lowest BCUT2D eigenvalue weighted by Crippen LogP contribution is -2.31. The molecular weight excluding hydrogens is 413 g/mol. The van der Waals surface area contributed by atoms with Gasteiger partial charge < -0.3 is 4.74 Å². The van der Waals surface area contributed by atoms with Gasteiger partial charge in [-0.05, 0) is 49.7 Å². The van der Waals surface area contributed by atoms with Gasteiger partial charge in [-0.3, -0.25) is 14.3 Å². The fourth-order valence-corrected chi connectivity index (χ4v) is 4.84. The van der Waals surface area contributed by atoms with Crippen molar-refractivity contribution >= 4 is 45.2 Å². The standard InChI is InChI=1S/C17H21ClFN3O3S2/c1-11(18)8-12(19)10-25-15(23)9-13-4-5-14(26-13)20-16-21-6-2-3-7-22(21)17(24)27-16/h4-5,11-12H,2-3,6-10H2,1H3. The quantitative estimate of drug-likeness (QED) is 0.497. The maximum atomic E-state index is 13.5. The molecule has 3 heterocycles. The normalized spacial score (nSPS) is 16.8. The van der Waals surface area contributed by atoms with Gasteiger partial charge in [-0.15, -0.1) is 22.9 Å². The van der Waals surface area contributed by atoms with Crippen LogP contribution in [0.5, 0.6) is 0 Å². The Balaban J connectivity index is 1.62. The van der Waals surface area contributed by atoms with Crippen LogP contribution >= 0.6 is 34.3 Å². The summed E-state index contributed by atoms with van der Waals surface area (Å²) < 4.78 is 22.2. The summed E-state index contributed by atoms with van der Waals surface area (Å²) in [6.07, 6.45) is 1.00. The Labute approximate surface area is 168 Å². The second-order valence-corrected chi connectivity index (χ2v) is 9.24. The zero-order chi connectivity index (χ0) is 19.4. The van der Waals surface area contributed by atoms with E-state index in [1.54, 1.807) is 17.7 Å². The second-order valence-electron chi connectivity index (χ2n) is 6.43. The minimum absolute atomic E-state index is 0.000785. The van der Waals surface area contributed by atoms with E-state index in [-0.39, 0.29) is 29.7 Å². The van der Waals surface area contributed by atoms with Crippen LogP contribution in [0.25, 0.3) is 0 Å². The minimum Gasteiger partial charge on any atom is -0.462 e. The van der Waals surface area contributed by atoms with Crippen LogP contribution in [0.3, 0.4) is 0 Å². The fraction of sp³-hybridized carbons (Fsp3) is 0.588. The third-order valence-electron chi connectivity index (χ3n) is 4.07. The van der Waals surface area contributed by atoms with Gasteiger partial charge in [0.1, 0.15) is 17.8 Å². The molecule has 2 aromatic heterocycles. The number of rotatable bonds is 7. The van der Waals surface area contributed by atoms with E-state index >= 15 is 0 Å². The number of alkyl halides is 2. The largest absolute Gasteiger partial charge is 0.462 e. The van der Waals surface area contributed by atoms with E-state index in [2.05, 4.69) is 4.99 Å². The van der Waals surface area contributed by atoms with Crippen molar-refractivity contribution in [3.63, 3.8) is 0 Å². The first-order valence-electron chi connectivity index (χ1n) is 8.80. The van der Waals surface area contributed by atoms with Crippen LogP contribution in [-0.4, -0.2) is 33.5 Å². The summed E-state index contributed by atoms with van der Waals surface area (Å²) in [4.78, 5) is 29.9. The van der Waals surface area contributed by atoms with Crippen molar-refractivity contribution in [2.24, 2.45) is 4.99 Å². The van der Waals surface area contributed by atoms with Gasteiger partial charge in [0.25, 0.3) is 0 Å². The highest BCUT2D eigenvalue weighted by atomic mass is 35.5. The number of thiophene rings is 1. The molecule has 27 heavy (non-hydrogen) atoms. The highest BCUT2D eigenvalue weighted by molar-refractivity contribution is 7.16. The van der Waals surface area contributed by atoms with Gasteiger partial charge in [-0.1, -0.05) is 0 Å². The summed E-state index contributed by atoms with van der Waals surface area (Å²) >= 11 is 8.21. The monoisotopic (exact) mass is 433 g/mol. The van der Waals surface area contributed by atoms with Gasteiger partial charge in [-0.2, -0.15) is 0 Å². The van der Waals surface area contributed by atoms with E-state index in [1.807, 2.05) is 10.7 Å². The van der Waals surface area contributed by atoms with Gasteiger partial charge in [0, 0.05) is 23.3 Å². The molecule has 10 heteroatoms. The van der Waals surface area contributed by atoms with E-state index in [0.717, 1.165) is 47.1 Å². The Hall–Kier alpha value is -1.45. The Morgan fingerprint density at radius 3 is 2.81 bits per heavy atom. The predicted octanol–water partition coefficient (Wildman–Crippen LogP) is 3.24. The summed E-state index contributed by atoms with van der Waals surface area (Å²) in [5, 5.41) is 0.425. The smallest absolute Gasteiger partial charge is 0.325 e. The molecule has 0 saturated heterocycles. The van der Waals surface area contributed by atoms with Crippen molar-refractivity contribution in [2.75, 3.05) is 6.61 Å². The molecule has 0 N–H and O–H groups in total. The molecule has 1 aliphatic rings. The summed E-state index contributed by atoms with van der Waals surface area (Å²) in [7, 11) is 0. The van der Waals surface area contributed by atoms with Gasteiger partial charge in [0.2, 0.25) is 4.80 Å². The highest BCUT2D eigenvalue weighted by Gasteiger charge is 2.15. The van der Waals surface area contributed by atoms with E-state index in [4.69, 9.17) is 16.3 Å². The lowest BCUT2D eigenvalue weighted by atomic mass is 10.2. The molecule has 2 unspecified atom stereocenters. The Morgan fingerprint density at radius 1 is 1.33 bits per heavy atom.